The van der Waals surface area contributed by atoms with Crippen LogP contribution >= 0.6 is 0 Å². The van der Waals surface area contributed by atoms with Gasteiger partial charge < -0.3 is 0 Å². The normalized spacial score (nSPS) is 13.2. The molecule has 0 saturated heterocycles. The van der Waals surface area contributed by atoms with Crippen LogP contribution in [0.5, 0.6) is 0 Å². The summed E-state index contributed by atoms with van der Waals surface area (Å²) in [6.45, 7) is 10.3. The van der Waals surface area contributed by atoms with Gasteiger partial charge in [0, 0.05) is 22.4 Å². The number of aryl methyl sites for hydroxylation is 1. The van der Waals surface area contributed by atoms with Crippen LogP contribution in [0.1, 0.15) is 5.56 Å². The zero-order chi connectivity index (χ0) is 30.1. The molecule has 4 heteroatoms. The van der Waals surface area contributed by atoms with Crippen molar-refractivity contribution in [1.29, 1.82) is 0 Å². The number of imidazole rings is 1. The Labute approximate surface area is 263 Å². The highest BCUT2D eigenvalue weighted by Gasteiger charge is 2.52. The first-order valence-corrected chi connectivity index (χ1v) is 17.3. The third-order valence-corrected chi connectivity index (χ3v) is 14.4. The lowest BCUT2D eigenvalue weighted by Crippen LogP contribution is -2.73. The molecule has 7 aromatic rings. The molecule has 0 atom stereocenters. The number of hydrogen-bond acceptors (Lipinski definition) is 1. The predicted octanol–water partition coefficient (Wildman–Crippen LogP) is 7.40. The van der Waals surface area contributed by atoms with Gasteiger partial charge in [0.2, 0.25) is 0 Å². The Kier molecular flexibility index (Phi) is 5.50. The highest BCUT2D eigenvalue weighted by Crippen LogP contribution is 2.43. The minimum atomic E-state index is -2.91. The Morgan fingerprint density at radius 1 is 0.578 bits per heavy atom. The highest BCUT2D eigenvalue weighted by atomic mass is 28.3. The van der Waals surface area contributed by atoms with Crippen molar-refractivity contribution >= 4 is 34.5 Å². The van der Waals surface area contributed by atoms with Crippen molar-refractivity contribution in [2.75, 3.05) is 0 Å². The van der Waals surface area contributed by atoms with Gasteiger partial charge in [-0.25, -0.2) is 9.83 Å². The van der Waals surface area contributed by atoms with Crippen LogP contribution in [0.2, 0.25) is 0 Å². The highest BCUT2D eigenvalue weighted by molar-refractivity contribution is 7.23. The van der Waals surface area contributed by atoms with E-state index in [4.69, 9.17) is 11.6 Å². The molecule has 0 saturated carbocycles. The number of nitrogens with zero attached hydrogens (tertiary/aromatic N) is 3. The van der Waals surface area contributed by atoms with Crippen LogP contribution in [-0.4, -0.2) is 17.6 Å². The summed E-state index contributed by atoms with van der Waals surface area (Å²) < 4.78 is 2.35. The molecule has 2 aliphatic heterocycles. The summed E-state index contributed by atoms with van der Waals surface area (Å²) >= 11 is 0. The molecule has 0 radical (unpaired) electrons. The van der Waals surface area contributed by atoms with Crippen LogP contribution in [0, 0.1) is 13.5 Å². The van der Waals surface area contributed by atoms with E-state index in [1.807, 2.05) is 12.1 Å². The van der Waals surface area contributed by atoms with Gasteiger partial charge in [-0.05, 0) is 50.9 Å². The van der Waals surface area contributed by atoms with Gasteiger partial charge in [-0.15, -0.1) is 0 Å². The van der Waals surface area contributed by atoms with E-state index in [1.165, 1.54) is 43.0 Å². The zero-order valence-corrected chi connectivity index (χ0v) is 25.7. The van der Waals surface area contributed by atoms with Gasteiger partial charge in [0.15, 0.2) is 13.8 Å². The fourth-order valence-corrected chi connectivity index (χ4v) is 13.4. The van der Waals surface area contributed by atoms with Gasteiger partial charge in [0.1, 0.15) is 5.82 Å². The summed E-state index contributed by atoms with van der Waals surface area (Å²) in [6, 6.07) is 52.3. The number of para-hydroxylation sites is 1. The Morgan fingerprint density at radius 3 is 1.87 bits per heavy atom. The molecule has 3 nitrogen and oxygen atoms in total. The fraction of sp³-hybridized carbons (Fsp3) is 0.0244. The summed E-state index contributed by atoms with van der Waals surface area (Å²) in [6.07, 6.45) is 0. The van der Waals surface area contributed by atoms with Gasteiger partial charge in [0.25, 0.3) is 0 Å². The summed E-state index contributed by atoms with van der Waals surface area (Å²) in [5.74, 6) is 0.906. The summed E-state index contributed by atoms with van der Waals surface area (Å²) in [7, 11) is -2.91. The van der Waals surface area contributed by atoms with Crippen LogP contribution < -0.4 is 20.7 Å². The first kappa shape index (κ1) is 25.7. The van der Waals surface area contributed by atoms with E-state index in [2.05, 4.69) is 150 Å². The van der Waals surface area contributed by atoms with Crippen LogP contribution in [0.25, 0.3) is 55.6 Å². The molecule has 0 unspecified atom stereocenters. The molecule has 0 fully saturated rings. The van der Waals surface area contributed by atoms with E-state index >= 15 is 0 Å². The van der Waals surface area contributed by atoms with E-state index in [1.54, 1.807) is 0 Å². The summed E-state index contributed by atoms with van der Waals surface area (Å²) in [5, 5.41) is 5.33. The second-order valence-corrected chi connectivity index (χ2v) is 15.6. The Hall–Kier alpha value is -5.76. The zero-order valence-electron chi connectivity index (χ0n) is 24.7. The largest absolute Gasteiger partial charge is 0.292 e. The smallest absolute Gasteiger partial charge is 0.187 e. The topological polar surface area (TPSA) is 22.2 Å². The third-order valence-electron chi connectivity index (χ3n) is 9.50. The number of fused-ring (bicyclic) bond motifs is 12. The van der Waals surface area contributed by atoms with Crippen molar-refractivity contribution in [3.8, 4) is 50.7 Å². The maximum absolute atomic E-state index is 8.07. The maximum atomic E-state index is 8.07. The molecular weight excluding hydrogens is 563 g/mol. The quantitative estimate of drug-likeness (QED) is 0.152. The van der Waals surface area contributed by atoms with Crippen molar-refractivity contribution < 1.29 is 0 Å². The molecule has 210 valence electrons. The van der Waals surface area contributed by atoms with Crippen LogP contribution in [0.3, 0.4) is 0 Å². The van der Waals surface area contributed by atoms with Crippen molar-refractivity contribution in [3.05, 3.63) is 163 Å². The first-order chi connectivity index (χ1) is 22.2. The van der Waals surface area contributed by atoms with E-state index < -0.39 is 8.07 Å². The molecule has 0 N–H and O–H groups in total. The minimum Gasteiger partial charge on any atom is -0.292 e. The molecule has 1 aromatic heterocycles. The van der Waals surface area contributed by atoms with E-state index in [0.29, 0.717) is 5.69 Å². The lowest BCUT2D eigenvalue weighted by Gasteiger charge is -2.33. The van der Waals surface area contributed by atoms with Crippen molar-refractivity contribution in [2.45, 2.75) is 6.92 Å². The molecule has 0 aliphatic carbocycles. The van der Waals surface area contributed by atoms with Gasteiger partial charge in [-0.1, -0.05) is 139 Å². The number of aromatic nitrogens is 2. The molecule has 9 rings (SSSR count). The van der Waals surface area contributed by atoms with E-state index in [-0.39, 0.29) is 0 Å². The number of hydrogen-bond donors (Lipinski definition) is 0. The fourth-order valence-electron chi connectivity index (χ4n) is 7.72. The lowest BCUT2D eigenvalue weighted by atomic mass is 10.0. The first-order valence-electron chi connectivity index (χ1n) is 15.3. The van der Waals surface area contributed by atoms with Crippen molar-refractivity contribution in [2.24, 2.45) is 0 Å². The summed E-state index contributed by atoms with van der Waals surface area (Å²) in [5.41, 5.74) is 11.0. The average Bonchev–Trinajstić information content (AvgIpc) is 3.61. The SMILES string of the molecule is [C-]#[N+]c1ccc2c(c1)[Si]1(c3ccccc3-c3ccccc31)c1cc(C)ccc1-c1c-2nc(-c2ccccc2)n1-c1ccccc1. The minimum absolute atomic E-state index is 0.658. The Balaban J connectivity index is 1.53. The van der Waals surface area contributed by atoms with Gasteiger partial charge in [-0.2, -0.15) is 0 Å². The molecule has 1 spiro atoms. The van der Waals surface area contributed by atoms with Crippen molar-refractivity contribution in [1.82, 2.24) is 9.55 Å². The van der Waals surface area contributed by atoms with Crippen molar-refractivity contribution in [3.63, 3.8) is 0 Å². The predicted molar refractivity (Wildman–Crippen MR) is 187 cm³/mol. The van der Waals surface area contributed by atoms with E-state index in [0.717, 1.165) is 34.0 Å². The monoisotopic (exact) mass is 589 g/mol. The molecule has 45 heavy (non-hydrogen) atoms. The second-order valence-electron chi connectivity index (χ2n) is 11.9. The van der Waals surface area contributed by atoms with Gasteiger partial charge in [-0.3, -0.25) is 4.57 Å². The number of rotatable bonds is 2. The third kappa shape index (κ3) is 3.47. The standard InChI is InChI=1S/C41H27N3Si/c1-27-21-23-34-37(25-27)45(35-19-11-9-17-31(35)32-18-10-12-20-36(32)45)38-26-29(42-2)22-24-33(38)39-40(34)44(30-15-7-4-8-16-30)41(43-39)28-13-5-3-6-14-28/h3-26H,1H3. The molecule has 6 aromatic carbocycles. The maximum Gasteiger partial charge on any atom is 0.187 e. The number of benzene rings is 6. The molecule has 0 bridgehead atoms. The van der Waals surface area contributed by atoms with Crippen LogP contribution in [0.15, 0.2) is 146 Å². The molecule has 2 aliphatic rings. The Morgan fingerprint density at radius 2 is 1.18 bits per heavy atom. The van der Waals surface area contributed by atoms with E-state index in [9.17, 15) is 0 Å². The van der Waals surface area contributed by atoms with Crippen LogP contribution in [0.4, 0.5) is 5.69 Å². The second kappa shape index (κ2) is 9.62. The summed E-state index contributed by atoms with van der Waals surface area (Å²) in [4.78, 5) is 9.52. The average molecular weight is 590 g/mol. The van der Waals surface area contributed by atoms with Gasteiger partial charge >= 0.3 is 0 Å². The van der Waals surface area contributed by atoms with Crippen LogP contribution in [-0.2, 0) is 0 Å². The lowest BCUT2D eigenvalue weighted by molar-refractivity contribution is 1.07. The van der Waals surface area contributed by atoms with Gasteiger partial charge in [0.05, 0.1) is 18.0 Å². The Bertz CT molecular complexity index is 2300. The molecular formula is C41H27N3Si. The molecule has 0 amide bonds. The molecule has 3 heterocycles.